The van der Waals surface area contributed by atoms with Crippen molar-refractivity contribution in [2.24, 2.45) is 0 Å². The SMILES string of the molecule is C=C[C@H]1c2ccccc2CCN1C(=O)OCC1(NC(=O)OC(C)(C)C)CC1. The summed E-state index contributed by atoms with van der Waals surface area (Å²) in [6, 6.07) is 7.88. The number of carbonyl (C=O) groups is 2. The molecule has 6 nitrogen and oxygen atoms in total. The van der Waals surface area contributed by atoms with Gasteiger partial charge in [-0.1, -0.05) is 30.3 Å². The molecule has 1 aromatic carbocycles. The van der Waals surface area contributed by atoms with Crippen LogP contribution >= 0.6 is 0 Å². The van der Waals surface area contributed by atoms with Crippen molar-refractivity contribution >= 4 is 12.2 Å². The molecule has 0 saturated heterocycles. The summed E-state index contributed by atoms with van der Waals surface area (Å²) in [5, 5.41) is 2.85. The minimum atomic E-state index is -0.560. The summed E-state index contributed by atoms with van der Waals surface area (Å²) in [5.74, 6) is 0. The third kappa shape index (κ3) is 4.62. The molecule has 0 spiro atoms. The molecule has 1 aromatic rings. The lowest BCUT2D eigenvalue weighted by atomic mass is 9.93. The van der Waals surface area contributed by atoms with Gasteiger partial charge in [0.15, 0.2) is 0 Å². The molecule has 146 valence electrons. The van der Waals surface area contributed by atoms with Crippen molar-refractivity contribution in [3.8, 4) is 0 Å². The van der Waals surface area contributed by atoms with Crippen LogP contribution in [0.1, 0.15) is 50.8 Å². The number of benzene rings is 1. The predicted molar refractivity (Wildman–Crippen MR) is 102 cm³/mol. The Balaban J connectivity index is 1.58. The second-order valence-corrected chi connectivity index (χ2v) is 8.28. The van der Waals surface area contributed by atoms with Crippen LogP contribution in [0.4, 0.5) is 9.59 Å². The molecule has 6 heteroatoms. The van der Waals surface area contributed by atoms with Gasteiger partial charge in [0.2, 0.25) is 0 Å². The Hall–Kier alpha value is -2.50. The first-order chi connectivity index (χ1) is 12.7. The summed E-state index contributed by atoms with van der Waals surface area (Å²) < 4.78 is 10.9. The van der Waals surface area contributed by atoms with Gasteiger partial charge in [0.25, 0.3) is 0 Å². The van der Waals surface area contributed by atoms with Crippen molar-refractivity contribution in [3.05, 3.63) is 48.0 Å². The van der Waals surface area contributed by atoms with E-state index >= 15 is 0 Å². The van der Waals surface area contributed by atoms with Crippen molar-refractivity contribution in [1.29, 1.82) is 0 Å². The average molecular weight is 372 g/mol. The van der Waals surface area contributed by atoms with Crippen LogP contribution in [0, 0.1) is 0 Å². The zero-order valence-electron chi connectivity index (χ0n) is 16.3. The van der Waals surface area contributed by atoms with Gasteiger partial charge in [0, 0.05) is 6.54 Å². The van der Waals surface area contributed by atoms with E-state index in [4.69, 9.17) is 9.47 Å². The van der Waals surface area contributed by atoms with E-state index in [1.54, 1.807) is 11.0 Å². The summed E-state index contributed by atoms with van der Waals surface area (Å²) in [6.07, 6.45) is 3.24. The van der Waals surface area contributed by atoms with Crippen LogP contribution in [0.15, 0.2) is 36.9 Å². The highest BCUT2D eigenvalue weighted by Gasteiger charge is 2.47. The zero-order chi connectivity index (χ0) is 19.7. The summed E-state index contributed by atoms with van der Waals surface area (Å²) in [7, 11) is 0. The van der Waals surface area contributed by atoms with E-state index in [0.29, 0.717) is 6.54 Å². The van der Waals surface area contributed by atoms with Gasteiger partial charge in [0.05, 0.1) is 11.6 Å². The molecule has 1 aliphatic heterocycles. The number of amides is 2. The molecule has 0 bridgehead atoms. The molecule has 2 amide bonds. The fourth-order valence-corrected chi connectivity index (χ4v) is 3.32. The van der Waals surface area contributed by atoms with Gasteiger partial charge < -0.3 is 14.8 Å². The number of hydrogen-bond acceptors (Lipinski definition) is 4. The summed E-state index contributed by atoms with van der Waals surface area (Å²) in [4.78, 5) is 26.4. The van der Waals surface area contributed by atoms with Gasteiger partial charge in [-0.3, -0.25) is 4.90 Å². The number of rotatable bonds is 4. The van der Waals surface area contributed by atoms with Crippen LogP contribution in [0.3, 0.4) is 0 Å². The lowest BCUT2D eigenvalue weighted by Crippen LogP contribution is -2.45. The smallest absolute Gasteiger partial charge is 0.410 e. The average Bonchev–Trinajstić information content (AvgIpc) is 3.36. The maximum atomic E-state index is 12.7. The molecule has 1 fully saturated rings. The van der Waals surface area contributed by atoms with Crippen LogP contribution in [-0.4, -0.2) is 41.4 Å². The van der Waals surface area contributed by atoms with Crippen LogP contribution in [0.2, 0.25) is 0 Å². The van der Waals surface area contributed by atoms with Crippen molar-refractivity contribution < 1.29 is 19.1 Å². The summed E-state index contributed by atoms with van der Waals surface area (Å²) >= 11 is 0. The Morgan fingerprint density at radius 2 is 2.04 bits per heavy atom. The van der Waals surface area contributed by atoms with E-state index < -0.39 is 17.2 Å². The van der Waals surface area contributed by atoms with Crippen LogP contribution in [0.25, 0.3) is 0 Å². The van der Waals surface area contributed by atoms with Gasteiger partial charge in [0.1, 0.15) is 12.2 Å². The Morgan fingerprint density at radius 3 is 2.67 bits per heavy atom. The Kier molecular flexibility index (Phi) is 5.18. The predicted octanol–water partition coefficient (Wildman–Crippen LogP) is 3.97. The molecule has 1 aliphatic carbocycles. The molecular formula is C21H28N2O4. The number of ether oxygens (including phenoxy) is 2. The molecule has 1 atom stereocenters. The lowest BCUT2D eigenvalue weighted by molar-refractivity contribution is 0.0424. The first-order valence-electron chi connectivity index (χ1n) is 9.38. The summed E-state index contributed by atoms with van der Waals surface area (Å²) in [6.45, 7) is 10.1. The highest BCUT2D eigenvalue weighted by Crippen LogP contribution is 2.37. The van der Waals surface area contributed by atoms with Crippen molar-refractivity contribution in [3.63, 3.8) is 0 Å². The van der Waals surface area contributed by atoms with E-state index in [-0.39, 0.29) is 18.7 Å². The molecule has 2 aliphatic rings. The largest absolute Gasteiger partial charge is 0.447 e. The Labute approximate surface area is 160 Å². The quantitative estimate of drug-likeness (QED) is 0.812. The maximum Gasteiger partial charge on any atom is 0.410 e. The molecule has 1 N–H and O–H groups in total. The first kappa shape index (κ1) is 19.3. The third-order valence-electron chi connectivity index (χ3n) is 4.88. The minimum absolute atomic E-state index is 0.146. The molecule has 1 saturated carbocycles. The van der Waals surface area contributed by atoms with Gasteiger partial charge in [-0.25, -0.2) is 9.59 Å². The van der Waals surface area contributed by atoms with E-state index in [0.717, 1.165) is 24.8 Å². The van der Waals surface area contributed by atoms with E-state index in [1.165, 1.54) is 5.56 Å². The number of nitrogens with zero attached hydrogens (tertiary/aromatic N) is 1. The van der Waals surface area contributed by atoms with Gasteiger partial charge >= 0.3 is 12.2 Å². The van der Waals surface area contributed by atoms with Crippen LogP contribution in [0.5, 0.6) is 0 Å². The Morgan fingerprint density at radius 1 is 1.33 bits per heavy atom. The van der Waals surface area contributed by atoms with E-state index in [2.05, 4.69) is 18.0 Å². The maximum absolute atomic E-state index is 12.7. The molecule has 0 aromatic heterocycles. The highest BCUT2D eigenvalue weighted by molar-refractivity contribution is 5.71. The fourth-order valence-electron chi connectivity index (χ4n) is 3.32. The van der Waals surface area contributed by atoms with E-state index in [1.807, 2.05) is 39.0 Å². The molecule has 27 heavy (non-hydrogen) atoms. The normalized spacial score (nSPS) is 20.3. The lowest BCUT2D eigenvalue weighted by Gasteiger charge is -2.35. The molecule has 0 unspecified atom stereocenters. The van der Waals surface area contributed by atoms with Crippen LogP contribution < -0.4 is 5.32 Å². The zero-order valence-corrected chi connectivity index (χ0v) is 16.3. The molecule has 3 rings (SSSR count). The third-order valence-corrected chi connectivity index (χ3v) is 4.88. The number of fused-ring (bicyclic) bond motifs is 1. The first-order valence-corrected chi connectivity index (χ1v) is 9.38. The molecular weight excluding hydrogens is 344 g/mol. The fraction of sp³-hybridized carbons (Fsp3) is 0.524. The number of nitrogens with one attached hydrogen (secondary N) is 1. The van der Waals surface area contributed by atoms with Gasteiger partial charge in [-0.2, -0.15) is 0 Å². The Bertz CT molecular complexity index is 734. The second-order valence-electron chi connectivity index (χ2n) is 8.28. The monoisotopic (exact) mass is 372 g/mol. The van der Waals surface area contributed by atoms with Crippen molar-refractivity contribution in [2.45, 2.75) is 57.2 Å². The number of alkyl carbamates (subject to hydrolysis) is 1. The van der Waals surface area contributed by atoms with Gasteiger partial charge in [-0.05, 0) is 51.2 Å². The van der Waals surface area contributed by atoms with E-state index in [9.17, 15) is 9.59 Å². The topological polar surface area (TPSA) is 67.9 Å². The molecule has 1 heterocycles. The van der Waals surface area contributed by atoms with Crippen molar-refractivity contribution in [1.82, 2.24) is 10.2 Å². The second kappa shape index (κ2) is 7.25. The van der Waals surface area contributed by atoms with Crippen molar-refractivity contribution in [2.75, 3.05) is 13.2 Å². The minimum Gasteiger partial charge on any atom is -0.447 e. The van der Waals surface area contributed by atoms with Gasteiger partial charge in [-0.15, -0.1) is 6.58 Å². The number of hydrogen-bond donors (Lipinski definition) is 1. The van der Waals surface area contributed by atoms with Crippen LogP contribution in [-0.2, 0) is 15.9 Å². The summed E-state index contributed by atoms with van der Waals surface area (Å²) in [5.41, 5.74) is 1.25. The molecule has 0 radical (unpaired) electrons. The highest BCUT2D eigenvalue weighted by atomic mass is 16.6. The number of carbonyl (C=O) groups excluding carboxylic acids is 2. The standard InChI is InChI=1S/C21H28N2O4/c1-5-17-16-9-7-6-8-15(16)10-13-23(17)19(25)26-14-21(11-12-21)22-18(24)27-20(2,3)4/h5-9,17H,1,10-14H2,2-4H3,(H,22,24)/t17-/m0/s1.